The summed E-state index contributed by atoms with van der Waals surface area (Å²) in [6.45, 7) is 12.9. The number of hydrogen-bond acceptors (Lipinski definition) is 7. The minimum atomic E-state index is -0.522. The first kappa shape index (κ1) is 40.0. The van der Waals surface area contributed by atoms with Crippen molar-refractivity contribution in [3.63, 3.8) is 0 Å². The summed E-state index contributed by atoms with van der Waals surface area (Å²) >= 11 is 13.6. The zero-order chi connectivity index (χ0) is 41.9. The summed E-state index contributed by atoms with van der Waals surface area (Å²) in [5, 5.41) is 18.7. The van der Waals surface area contributed by atoms with Crippen LogP contribution < -0.4 is 9.64 Å². The van der Waals surface area contributed by atoms with Crippen LogP contribution in [-0.2, 0) is 24.8 Å². The standard InChI is InChI=1S/C46H46Cl2N6O5/c1-8-58-46(57)36-24-52(23-30-12-9-10-16-49-30)42-35(36)20-31(55)21-38(42)53-22-27(4)54-43-34(14-15-37(47)40(43)39-28(5)50-51(7)29(39)6)33(44(54)45(53)56)13-11-17-59-32-18-25(2)41(48)26(3)19-32/h9-10,12,14-16,18-21,24,27,55H,8,11,13,17,22-23H2,1-7H3/t27-/m1/s1. The Morgan fingerprint density at radius 1 is 0.983 bits per heavy atom. The van der Waals surface area contributed by atoms with E-state index in [0.29, 0.717) is 53.3 Å². The van der Waals surface area contributed by atoms with Gasteiger partial charge in [0.1, 0.15) is 17.2 Å². The lowest BCUT2D eigenvalue weighted by atomic mass is 9.98. The average Bonchev–Trinajstić information content (AvgIpc) is 3.82. The first-order valence-corrected chi connectivity index (χ1v) is 20.5. The van der Waals surface area contributed by atoms with Gasteiger partial charge in [-0.2, -0.15) is 5.10 Å². The highest BCUT2D eigenvalue weighted by Crippen LogP contribution is 2.46. The molecular formula is C46H46Cl2N6O5. The van der Waals surface area contributed by atoms with Crippen molar-refractivity contribution in [2.75, 3.05) is 24.7 Å². The van der Waals surface area contributed by atoms with Crippen molar-refractivity contribution in [2.24, 2.45) is 7.05 Å². The van der Waals surface area contributed by atoms with Crippen LogP contribution in [-0.4, -0.2) is 60.6 Å². The molecule has 1 atom stereocenters. The summed E-state index contributed by atoms with van der Waals surface area (Å²) < 4.78 is 17.6. The normalized spacial score (nSPS) is 14.1. The van der Waals surface area contributed by atoms with Crippen LogP contribution >= 0.6 is 23.2 Å². The SMILES string of the molecule is CCOC(=O)c1cn(Cc2ccccn2)c2c(N3C[C@@H](C)n4c(c(CCCOc5cc(C)c(Cl)c(C)c5)c5ccc(Cl)c(-c6c(C)nn(C)c6C)c54)C3=O)cc(O)cc12. The third-order valence-corrected chi connectivity index (χ3v) is 12.3. The van der Waals surface area contributed by atoms with Crippen LogP contribution in [0.15, 0.2) is 67.0 Å². The maximum atomic E-state index is 15.5. The minimum absolute atomic E-state index is 0.0816. The molecule has 1 aliphatic rings. The second kappa shape index (κ2) is 15.8. The highest BCUT2D eigenvalue weighted by atomic mass is 35.5. The van der Waals surface area contributed by atoms with Crippen LogP contribution in [0.3, 0.4) is 0 Å². The van der Waals surface area contributed by atoms with Gasteiger partial charge in [-0.3, -0.25) is 14.5 Å². The molecule has 0 unspecified atom stereocenters. The van der Waals surface area contributed by atoms with Crippen LogP contribution in [0, 0.1) is 27.7 Å². The van der Waals surface area contributed by atoms with Gasteiger partial charge < -0.3 is 28.6 Å². The van der Waals surface area contributed by atoms with Gasteiger partial charge in [0.25, 0.3) is 5.91 Å². The number of halogens is 2. The maximum absolute atomic E-state index is 15.5. The monoisotopic (exact) mass is 832 g/mol. The molecule has 59 heavy (non-hydrogen) atoms. The molecular weight excluding hydrogens is 787 g/mol. The fraction of sp³-hybridized carbons (Fsp3) is 0.304. The molecule has 304 valence electrons. The Balaban J connectivity index is 1.30. The summed E-state index contributed by atoms with van der Waals surface area (Å²) in [4.78, 5) is 35.1. The molecule has 13 heteroatoms. The Hall–Kier alpha value is -5.78. The van der Waals surface area contributed by atoms with Crippen LogP contribution in [0.2, 0.25) is 10.0 Å². The molecule has 0 bridgehead atoms. The maximum Gasteiger partial charge on any atom is 0.340 e. The van der Waals surface area contributed by atoms with E-state index in [-0.39, 0.29) is 36.4 Å². The van der Waals surface area contributed by atoms with Crippen molar-refractivity contribution in [1.82, 2.24) is 23.9 Å². The van der Waals surface area contributed by atoms with E-state index < -0.39 is 5.97 Å². The Labute approximate surface area is 352 Å². The summed E-state index contributed by atoms with van der Waals surface area (Å²) in [6.07, 6.45) is 4.58. The van der Waals surface area contributed by atoms with Gasteiger partial charge in [-0.25, -0.2) is 4.79 Å². The highest BCUT2D eigenvalue weighted by Gasteiger charge is 2.38. The van der Waals surface area contributed by atoms with Gasteiger partial charge in [-0.05, 0) is 107 Å². The number of phenols is 1. The van der Waals surface area contributed by atoms with E-state index in [2.05, 4.69) is 16.5 Å². The number of amides is 1. The molecule has 0 saturated heterocycles. The molecule has 7 aromatic rings. The molecule has 1 aliphatic heterocycles. The molecule has 0 fully saturated rings. The van der Waals surface area contributed by atoms with Gasteiger partial charge in [0, 0.05) is 70.7 Å². The summed E-state index contributed by atoms with van der Waals surface area (Å²) in [6, 6.07) is 16.4. The molecule has 0 radical (unpaired) electrons. The average molecular weight is 834 g/mol. The van der Waals surface area contributed by atoms with Crippen molar-refractivity contribution in [1.29, 1.82) is 0 Å². The number of ether oxygens (including phenoxy) is 2. The van der Waals surface area contributed by atoms with E-state index >= 15 is 4.79 Å². The van der Waals surface area contributed by atoms with Gasteiger partial charge in [-0.1, -0.05) is 35.3 Å². The quantitative estimate of drug-likeness (QED) is 0.102. The summed E-state index contributed by atoms with van der Waals surface area (Å²) in [7, 11) is 1.92. The molecule has 0 spiro atoms. The number of fused-ring (bicyclic) bond motifs is 4. The summed E-state index contributed by atoms with van der Waals surface area (Å²) in [5.41, 5.74) is 9.85. The lowest BCUT2D eigenvalue weighted by Crippen LogP contribution is -2.43. The number of aromatic nitrogens is 5. The molecule has 0 saturated carbocycles. The number of pyridine rings is 1. The zero-order valence-corrected chi connectivity index (χ0v) is 35.7. The van der Waals surface area contributed by atoms with E-state index in [4.69, 9.17) is 37.8 Å². The first-order chi connectivity index (χ1) is 28.3. The van der Waals surface area contributed by atoms with Gasteiger partial charge in [-0.15, -0.1) is 0 Å². The van der Waals surface area contributed by atoms with Gasteiger partial charge in [0.15, 0.2) is 0 Å². The molecule has 0 aliphatic carbocycles. The second-order valence-corrected chi connectivity index (χ2v) is 16.1. The van der Waals surface area contributed by atoms with E-state index in [1.807, 2.05) is 86.5 Å². The highest BCUT2D eigenvalue weighted by molar-refractivity contribution is 6.35. The van der Waals surface area contributed by atoms with Crippen molar-refractivity contribution in [3.05, 3.63) is 122 Å². The largest absolute Gasteiger partial charge is 0.508 e. The smallest absolute Gasteiger partial charge is 0.340 e. The fourth-order valence-corrected chi connectivity index (χ4v) is 9.06. The van der Waals surface area contributed by atoms with E-state index in [1.54, 1.807) is 36.4 Å². The van der Waals surface area contributed by atoms with Gasteiger partial charge in [0.2, 0.25) is 0 Å². The Morgan fingerprint density at radius 3 is 2.42 bits per heavy atom. The van der Waals surface area contributed by atoms with E-state index in [0.717, 1.165) is 66.6 Å². The Kier molecular flexibility index (Phi) is 10.7. The van der Waals surface area contributed by atoms with Crippen LogP contribution in [0.25, 0.3) is 32.9 Å². The Morgan fingerprint density at radius 2 is 1.75 bits per heavy atom. The Bertz CT molecular complexity index is 2780. The number of aryl methyl sites for hydroxylation is 5. The number of phenolic OH excluding ortho intramolecular Hbond substituents is 1. The number of esters is 1. The second-order valence-electron chi connectivity index (χ2n) is 15.3. The van der Waals surface area contributed by atoms with Crippen molar-refractivity contribution in [3.8, 4) is 22.6 Å². The molecule has 11 nitrogen and oxygen atoms in total. The predicted octanol–water partition coefficient (Wildman–Crippen LogP) is 10.1. The predicted molar refractivity (Wildman–Crippen MR) is 233 cm³/mol. The van der Waals surface area contributed by atoms with Crippen molar-refractivity contribution < 1.29 is 24.2 Å². The number of aromatic hydroxyl groups is 1. The molecule has 4 aromatic heterocycles. The fourth-order valence-electron chi connectivity index (χ4n) is 8.71. The van der Waals surface area contributed by atoms with E-state index in [1.165, 1.54) is 0 Å². The third kappa shape index (κ3) is 6.99. The third-order valence-electron chi connectivity index (χ3n) is 11.3. The molecule has 1 N–H and O–H groups in total. The number of benzene rings is 3. The minimum Gasteiger partial charge on any atom is -0.508 e. The lowest BCUT2D eigenvalue weighted by molar-refractivity contribution is 0.0528. The van der Waals surface area contributed by atoms with Crippen LogP contribution in [0.1, 0.15) is 80.9 Å². The molecule has 8 rings (SSSR count). The zero-order valence-electron chi connectivity index (χ0n) is 34.2. The van der Waals surface area contributed by atoms with Gasteiger partial charge >= 0.3 is 5.97 Å². The lowest BCUT2D eigenvalue weighted by Gasteiger charge is -2.35. The number of hydrogen-bond donors (Lipinski definition) is 1. The number of rotatable bonds is 11. The van der Waals surface area contributed by atoms with E-state index in [9.17, 15) is 9.90 Å². The van der Waals surface area contributed by atoms with Crippen molar-refractivity contribution >= 4 is 62.6 Å². The first-order valence-electron chi connectivity index (χ1n) is 19.8. The van der Waals surface area contributed by atoms with Crippen LogP contribution in [0.5, 0.6) is 11.5 Å². The number of carbonyl (C=O) groups is 2. The number of nitrogens with zero attached hydrogens (tertiary/aromatic N) is 6. The number of carbonyl (C=O) groups excluding carboxylic acids is 2. The number of anilines is 1. The summed E-state index contributed by atoms with van der Waals surface area (Å²) in [5.74, 6) is -0.103. The van der Waals surface area contributed by atoms with Crippen molar-refractivity contribution in [2.45, 2.75) is 67.0 Å². The molecule has 1 amide bonds. The van der Waals surface area contributed by atoms with Gasteiger partial charge in [0.05, 0.1) is 58.5 Å². The molecule has 3 aromatic carbocycles. The van der Waals surface area contributed by atoms with Crippen LogP contribution in [0.4, 0.5) is 5.69 Å². The topological polar surface area (TPSA) is 117 Å². The molecule has 5 heterocycles.